The van der Waals surface area contributed by atoms with Crippen LogP contribution in [0.4, 0.5) is 5.82 Å². The van der Waals surface area contributed by atoms with E-state index in [1.807, 2.05) is 13.0 Å². The minimum Gasteiger partial charge on any atom is -0.504 e. The molecule has 51 heavy (non-hydrogen) atoms. The van der Waals surface area contributed by atoms with Crippen LogP contribution >= 0.6 is 0 Å². The van der Waals surface area contributed by atoms with E-state index in [0.717, 1.165) is 11.1 Å². The Kier molecular flexibility index (Phi) is 14.9. The number of hydrogen-bond donors (Lipinski definition) is 8. The molecule has 1 fully saturated rings. The molecular formula is C37H52N4O10. The Morgan fingerprint density at radius 2 is 1.86 bits per heavy atom. The Morgan fingerprint density at radius 3 is 2.57 bits per heavy atom. The van der Waals surface area contributed by atoms with Crippen molar-refractivity contribution in [2.45, 2.75) is 82.8 Å². The highest BCUT2D eigenvalue weighted by atomic mass is 16.5. The molecule has 14 heteroatoms. The van der Waals surface area contributed by atoms with E-state index < -0.39 is 30.3 Å². The number of carboxylic acid groups (broad SMARTS) is 1. The summed E-state index contributed by atoms with van der Waals surface area (Å²) < 4.78 is 23.8. The number of aromatic nitrogens is 1. The van der Waals surface area contributed by atoms with E-state index in [0.29, 0.717) is 62.3 Å². The van der Waals surface area contributed by atoms with Crippen LogP contribution in [0, 0.1) is 5.92 Å². The van der Waals surface area contributed by atoms with Gasteiger partial charge in [0.1, 0.15) is 19.2 Å². The molecule has 2 heterocycles. The fraction of sp³-hybridized carbons (Fsp3) is 0.514. The van der Waals surface area contributed by atoms with Crippen molar-refractivity contribution in [2.24, 2.45) is 5.92 Å². The van der Waals surface area contributed by atoms with Crippen molar-refractivity contribution >= 4 is 11.8 Å². The highest BCUT2D eigenvalue weighted by Gasteiger charge is 2.31. The molecule has 1 saturated heterocycles. The largest absolute Gasteiger partial charge is 0.504 e. The first kappa shape index (κ1) is 39.4. The minimum atomic E-state index is -0.945. The number of carbonyl (C=O) groups is 1. The summed E-state index contributed by atoms with van der Waals surface area (Å²) in [5.74, 6) is -0.504. The van der Waals surface area contributed by atoms with Gasteiger partial charge in [-0.1, -0.05) is 13.0 Å². The number of ether oxygens (including phenoxy) is 4. The van der Waals surface area contributed by atoms with Gasteiger partial charge in [0.2, 0.25) is 5.75 Å². The molecule has 0 amide bonds. The predicted molar refractivity (Wildman–Crippen MR) is 190 cm³/mol. The smallest absolute Gasteiger partial charge is 0.303 e. The van der Waals surface area contributed by atoms with Crippen LogP contribution in [0.2, 0.25) is 0 Å². The zero-order chi connectivity index (χ0) is 36.9. The van der Waals surface area contributed by atoms with Gasteiger partial charge in [0, 0.05) is 25.2 Å². The van der Waals surface area contributed by atoms with E-state index in [1.165, 1.54) is 7.11 Å². The van der Waals surface area contributed by atoms with Gasteiger partial charge in [-0.15, -0.1) is 0 Å². The molecule has 3 aromatic rings. The zero-order valence-electron chi connectivity index (χ0n) is 29.5. The van der Waals surface area contributed by atoms with Gasteiger partial charge in [-0.05, 0) is 98.2 Å². The molecule has 6 unspecified atom stereocenters. The number of carboxylic acids is 1. The van der Waals surface area contributed by atoms with E-state index in [4.69, 9.17) is 24.7 Å². The highest BCUT2D eigenvalue weighted by Crippen LogP contribution is 2.43. The van der Waals surface area contributed by atoms with Gasteiger partial charge >= 0.3 is 5.97 Å². The molecular weight excluding hydrogens is 660 g/mol. The van der Waals surface area contributed by atoms with E-state index in [2.05, 4.69) is 15.6 Å². The van der Waals surface area contributed by atoms with Crippen molar-refractivity contribution in [1.29, 1.82) is 0 Å². The lowest BCUT2D eigenvalue weighted by Gasteiger charge is -2.34. The summed E-state index contributed by atoms with van der Waals surface area (Å²) in [6, 6.07) is 11.6. The second-order valence-electron chi connectivity index (χ2n) is 13.0. The summed E-state index contributed by atoms with van der Waals surface area (Å²) in [6.07, 6.45) is 1.90. The van der Waals surface area contributed by atoms with Crippen molar-refractivity contribution in [3.8, 4) is 28.7 Å². The van der Waals surface area contributed by atoms with Crippen molar-refractivity contribution in [2.75, 3.05) is 39.3 Å². The Labute approximate surface area is 298 Å². The molecule has 9 N–H and O–H groups in total. The number of nitrogens with zero attached hydrogens (tertiary/aromatic N) is 1. The third kappa shape index (κ3) is 12.1. The van der Waals surface area contributed by atoms with E-state index >= 15 is 0 Å². The molecule has 2 aromatic carbocycles. The third-order valence-corrected chi connectivity index (χ3v) is 8.81. The number of nitrogens with two attached hydrogens (primary N) is 1. The lowest BCUT2D eigenvalue weighted by molar-refractivity contribution is -0.138. The summed E-state index contributed by atoms with van der Waals surface area (Å²) in [5.41, 5.74) is 8.30. The number of aryl methyl sites for hydroxylation is 1. The Hall–Kier alpha value is -4.34. The lowest BCUT2D eigenvalue weighted by Crippen LogP contribution is -2.42. The van der Waals surface area contributed by atoms with Gasteiger partial charge in [-0.2, -0.15) is 0 Å². The second-order valence-corrected chi connectivity index (χ2v) is 13.0. The summed E-state index contributed by atoms with van der Waals surface area (Å²) in [7, 11) is 1.44. The van der Waals surface area contributed by atoms with Gasteiger partial charge in [0.05, 0.1) is 37.9 Å². The van der Waals surface area contributed by atoms with Crippen molar-refractivity contribution < 1.29 is 49.3 Å². The molecule has 1 aliphatic rings. The maximum atomic E-state index is 11.9. The van der Waals surface area contributed by atoms with Gasteiger partial charge in [-0.25, -0.2) is 4.98 Å². The molecule has 0 radical (unpaired) electrons. The van der Waals surface area contributed by atoms with Gasteiger partial charge in [-0.3, -0.25) is 10.1 Å². The molecule has 0 saturated carbocycles. The maximum absolute atomic E-state index is 11.9. The Balaban J connectivity index is 1.46. The number of phenolic OH excluding ortho intramolecular Hbond substituents is 2. The summed E-state index contributed by atoms with van der Waals surface area (Å²) in [6.45, 7) is 4.69. The molecule has 4 rings (SSSR count). The van der Waals surface area contributed by atoms with Crippen LogP contribution in [0.15, 0.2) is 48.7 Å². The predicted octanol–water partition coefficient (Wildman–Crippen LogP) is 3.29. The van der Waals surface area contributed by atoms with Crippen LogP contribution in [0.5, 0.6) is 28.7 Å². The summed E-state index contributed by atoms with van der Waals surface area (Å²) in [5, 5.41) is 57.6. The average molecular weight is 713 g/mol. The molecule has 280 valence electrons. The van der Waals surface area contributed by atoms with Crippen LogP contribution in [0.25, 0.3) is 0 Å². The van der Waals surface area contributed by atoms with Crippen LogP contribution in [0.1, 0.15) is 62.3 Å². The first-order chi connectivity index (χ1) is 24.4. The summed E-state index contributed by atoms with van der Waals surface area (Å²) in [4.78, 5) is 15.9. The lowest BCUT2D eigenvalue weighted by atomic mass is 9.89. The van der Waals surface area contributed by atoms with E-state index in [9.17, 15) is 30.3 Å². The Bertz CT molecular complexity index is 1560. The standard InChI is InChI=1S/C37H52N4O10/c1-4-40-29(25(16-36(45)46)11-24-9-10-41-35(38)13-24)20-49-34-15-26(14-33(48-3)37(34)47)31-18-27(43)17-28(51-31)7-5-23-6-8-30(44)32(12-23)50-21-39-19-22(2)42/h6,8-10,12-15,22,25,27-29,31,39-40,42-44,47H,4-5,7,11,16-21H2,1-3H3,(H2,38,41)(H,45,46). The number of aliphatic carboxylic acids is 1. The second kappa shape index (κ2) is 19.3. The quantitative estimate of drug-likeness (QED) is 0.0623. The molecule has 0 spiro atoms. The van der Waals surface area contributed by atoms with Crippen LogP contribution in [0.3, 0.4) is 0 Å². The number of pyridine rings is 1. The minimum absolute atomic E-state index is 0.00873. The SMILES string of the molecule is CCNC(COc1cc(C2CC(O)CC(CCc3ccc(O)c(OCNCC(C)O)c3)O2)cc(OC)c1O)C(CC(=O)O)Cc1ccnc(N)c1. The maximum Gasteiger partial charge on any atom is 0.303 e. The highest BCUT2D eigenvalue weighted by molar-refractivity contribution is 5.67. The van der Waals surface area contributed by atoms with Crippen LogP contribution < -0.4 is 30.6 Å². The van der Waals surface area contributed by atoms with Gasteiger partial charge in [0.25, 0.3) is 0 Å². The number of aromatic hydroxyl groups is 2. The van der Waals surface area contributed by atoms with Crippen molar-refractivity contribution in [1.82, 2.24) is 15.6 Å². The normalized spacial score (nSPS) is 19.2. The fourth-order valence-electron chi connectivity index (χ4n) is 6.31. The molecule has 1 aliphatic heterocycles. The first-order valence-electron chi connectivity index (χ1n) is 17.3. The molecule has 6 atom stereocenters. The molecule has 0 aliphatic carbocycles. The number of likely N-dealkylation sites (N-methyl/N-ethyl adjacent to an activating group) is 1. The number of methoxy groups -OCH3 is 1. The number of rotatable bonds is 20. The van der Waals surface area contributed by atoms with Crippen molar-refractivity contribution in [3.05, 3.63) is 65.4 Å². The van der Waals surface area contributed by atoms with Gasteiger partial charge in [0.15, 0.2) is 23.0 Å². The number of benzene rings is 2. The summed E-state index contributed by atoms with van der Waals surface area (Å²) >= 11 is 0. The van der Waals surface area contributed by atoms with Crippen LogP contribution in [-0.2, 0) is 22.4 Å². The fourth-order valence-corrected chi connectivity index (χ4v) is 6.31. The third-order valence-electron chi connectivity index (χ3n) is 8.81. The number of phenols is 2. The molecule has 1 aromatic heterocycles. The topological polar surface area (TPSA) is 218 Å². The number of anilines is 1. The average Bonchev–Trinajstić information content (AvgIpc) is 3.08. The Morgan fingerprint density at radius 1 is 1.08 bits per heavy atom. The van der Waals surface area contributed by atoms with E-state index in [-0.39, 0.29) is 54.8 Å². The molecule has 14 nitrogen and oxygen atoms in total. The zero-order valence-corrected chi connectivity index (χ0v) is 29.5. The number of nitrogens with one attached hydrogen (secondary N) is 2. The molecule has 0 bridgehead atoms. The first-order valence-corrected chi connectivity index (χ1v) is 17.3. The monoisotopic (exact) mass is 712 g/mol. The number of aliphatic hydroxyl groups excluding tert-OH is 2. The number of nitrogen functional groups attached to an aromatic ring is 1. The van der Waals surface area contributed by atoms with E-state index in [1.54, 1.807) is 49.5 Å². The number of aliphatic hydroxyl groups is 2. The van der Waals surface area contributed by atoms with Crippen LogP contribution in [-0.4, -0.2) is 94.4 Å². The van der Waals surface area contributed by atoms with Gasteiger partial charge < -0.3 is 55.5 Å². The number of hydrogen-bond acceptors (Lipinski definition) is 13. The van der Waals surface area contributed by atoms with Crippen molar-refractivity contribution in [3.63, 3.8) is 0 Å².